The van der Waals surface area contributed by atoms with E-state index in [1.165, 1.54) is 4.90 Å². The third kappa shape index (κ3) is 8.52. The Kier molecular flexibility index (Phi) is 8.52. The van der Waals surface area contributed by atoms with Gasteiger partial charge in [0.1, 0.15) is 18.2 Å². The maximum Gasteiger partial charge on any atom is 0.408 e. The fourth-order valence-electron chi connectivity index (χ4n) is 3.24. The van der Waals surface area contributed by atoms with E-state index in [0.29, 0.717) is 0 Å². The molecule has 1 unspecified atom stereocenters. The number of aryl methyl sites for hydroxylation is 2. The van der Waals surface area contributed by atoms with Crippen LogP contribution in [0.5, 0.6) is 0 Å². The number of hydrogen-bond donors (Lipinski definition) is 2. The Balaban J connectivity index is 3.37. The molecule has 1 rings (SSSR count). The van der Waals surface area contributed by atoms with Gasteiger partial charge in [0.2, 0.25) is 11.8 Å². The molecule has 1 aromatic carbocycles. The van der Waals surface area contributed by atoms with Gasteiger partial charge in [-0.05, 0) is 92.9 Å². The predicted octanol–water partition coefficient (Wildman–Crippen LogP) is 4.41. The van der Waals surface area contributed by atoms with E-state index in [9.17, 15) is 14.4 Å². The summed E-state index contributed by atoms with van der Waals surface area (Å²) >= 11 is 0. The van der Waals surface area contributed by atoms with Gasteiger partial charge in [0, 0.05) is 11.1 Å². The second kappa shape index (κ2) is 9.92. The van der Waals surface area contributed by atoms with Crippen molar-refractivity contribution >= 4 is 17.9 Å². The van der Waals surface area contributed by atoms with Crippen molar-refractivity contribution in [2.45, 2.75) is 98.9 Å². The third-order valence-corrected chi connectivity index (χ3v) is 4.63. The molecule has 2 N–H and O–H groups in total. The van der Waals surface area contributed by atoms with Gasteiger partial charge in [0.05, 0.1) is 0 Å². The number of carbonyl (C=O) groups is 3. The molecule has 0 aliphatic heterocycles. The average Bonchev–Trinajstić information content (AvgIpc) is 2.55. The lowest BCUT2D eigenvalue weighted by atomic mass is 9.93. The van der Waals surface area contributed by atoms with Crippen LogP contribution in [-0.4, -0.2) is 46.0 Å². The quantitative estimate of drug-likeness (QED) is 0.700. The standard InChI is InChI=1S/C25H41N3O4/c1-16-12-13-18(14-17(16)2)20(21(30)27-23(3,4)5)28(24(6,7)8)19(29)15-26-22(31)32-25(9,10)11/h12-14,20H,15H2,1-11H3,(H,26,31)(H,27,30). The van der Waals surface area contributed by atoms with Crippen LogP contribution in [0.2, 0.25) is 0 Å². The van der Waals surface area contributed by atoms with Crippen LogP contribution in [-0.2, 0) is 14.3 Å². The van der Waals surface area contributed by atoms with Crippen molar-refractivity contribution in [1.29, 1.82) is 0 Å². The zero-order valence-corrected chi connectivity index (χ0v) is 21.6. The minimum absolute atomic E-state index is 0.277. The van der Waals surface area contributed by atoms with Crippen LogP contribution in [0, 0.1) is 13.8 Å². The highest BCUT2D eigenvalue weighted by molar-refractivity contribution is 5.91. The Morgan fingerprint density at radius 3 is 1.94 bits per heavy atom. The topological polar surface area (TPSA) is 87.7 Å². The zero-order valence-electron chi connectivity index (χ0n) is 21.6. The van der Waals surface area contributed by atoms with Crippen molar-refractivity contribution < 1.29 is 19.1 Å². The highest BCUT2D eigenvalue weighted by Gasteiger charge is 2.39. The number of alkyl carbamates (subject to hydrolysis) is 1. The first kappa shape index (κ1) is 27.5. The summed E-state index contributed by atoms with van der Waals surface area (Å²) in [4.78, 5) is 40.5. The number of benzene rings is 1. The Morgan fingerprint density at radius 2 is 1.50 bits per heavy atom. The summed E-state index contributed by atoms with van der Waals surface area (Å²) < 4.78 is 5.24. The minimum atomic E-state index is -0.860. The molecule has 0 bridgehead atoms. The summed E-state index contributed by atoms with van der Waals surface area (Å²) in [5.41, 5.74) is 1.01. The Morgan fingerprint density at radius 1 is 0.938 bits per heavy atom. The molecule has 0 saturated carbocycles. The molecule has 0 aromatic heterocycles. The summed E-state index contributed by atoms with van der Waals surface area (Å²) in [6.07, 6.45) is -0.679. The molecule has 1 aromatic rings. The van der Waals surface area contributed by atoms with Crippen LogP contribution in [0.1, 0.15) is 85.0 Å². The average molecular weight is 448 g/mol. The Bertz CT molecular complexity index is 842. The minimum Gasteiger partial charge on any atom is -0.444 e. The lowest BCUT2D eigenvalue weighted by molar-refractivity contribution is -0.146. The Labute approximate surface area is 193 Å². The highest BCUT2D eigenvalue weighted by Crippen LogP contribution is 2.30. The number of nitrogens with one attached hydrogen (secondary N) is 2. The van der Waals surface area contributed by atoms with Gasteiger partial charge in [-0.15, -0.1) is 0 Å². The van der Waals surface area contributed by atoms with E-state index >= 15 is 0 Å². The normalized spacial score (nSPS) is 13.2. The van der Waals surface area contributed by atoms with E-state index in [0.717, 1.165) is 16.7 Å². The molecular weight excluding hydrogens is 406 g/mol. The lowest BCUT2D eigenvalue weighted by Crippen LogP contribution is -2.56. The molecule has 32 heavy (non-hydrogen) atoms. The summed E-state index contributed by atoms with van der Waals surface area (Å²) in [7, 11) is 0. The third-order valence-electron chi connectivity index (χ3n) is 4.63. The summed E-state index contributed by atoms with van der Waals surface area (Å²) in [5.74, 6) is -0.656. The van der Waals surface area contributed by atoms with Crippen LogP contribution < -0.4 is 10.6 Å². The molecule has 0 aliphatic carbocycles. The van der Waals surface area contributed by atoms with Crippen molar-refractivity contribution in [3.63, 3.8) is 0 Å². The van der Waals surface area contributed by atoms with Gasteiger partial charge in [-0.25, -0.2) is 4.79 Å². The highest BCUT2D eigenvalue weighted by atomic mass is 16.6. The van der Waals surface area contributed by atoms with Crippen LogP contribution in [0.4, 0.5) is 4.79 Å². The molecule has 0 fully saturated rings. The smallest absolute Gasteiger partial charge is 0.408 e. The first-order chi connectivity index (χ1) is 14.3. The van der Waals surface area contributed by atoms with Gasteiger partial charge in [-0.3, -0.25) is 9.59 Å². The molecule has 0 spiro atoms. The van der Waals surface area contributed by atoms with Crippen LogP contribution >= 0.6 is 0 Å². The van der Waals surface area contributed by atoms with E-state index in [-0.39, 0.29) is 18.4 Å². The SMILES string of the molecule is Cc1ccc(C(C(=O)NC(C)(C)C)N(C(=O)CNC(=O)OC(C)(C)C)C(C)(C)C)cc1C. The van der Waals surface area contributed by atoms with E-state index < -0.39 is 28.8 Å². The van der Waals surface area contributed by atoms with Crippen LogP contribution in [0.3, 0.4) is 0 Å². The second-order valence-electron chi connectivity index (χ2n) is 11.3. The number of rotatable bonds is 5. The molecule has 0 radical (unpaired) electrons. The first-order valence-corrected chi connectivity index (χ1v) is 11.0. The molecular formula is C25H41N3O4. The van der Waals surface area contributed by atoms with Crippen molar-refractivity contribution in [3.05, 3.63) is 34.9 Å². The molecule has 0 saturated heterocycles. The van der Waals surface area contributed by atoms with Gasteiger partial charge in [-0.1, -0.05) is 18.2 Å². The van der Waals surface area contributed by atoms with E-state index in [4.69, 9.17) is 4.74 Å². The zero-order chi connectivity index (χ0) is 25.1. The van der Waals surface area contributed by atoms with Crippen LogP contribution in [0.15, 0.2) is 18.2 Å². The fourth-order valence-corrected chi connectivity index (χ4v) is 3.24. The first-order valence-electron chi connectivity index (χ1n) is 11.0. The Hall–Kier alpha value is -2.57. The largest absolute Gasteiger partial charge is 0.444 e. The summed E-state index contributed by atoms with van der Waals surface area (Å²) in [5, 5.41) is 5.53. The van der Waals surface area contributed by atoms with Crippen molar-refractivity contribution in [3.8, 4) is 0 Å². The van der Waals surface area contributed by atoms with E-state index in [1.54, 1.807) is 20.8 Å². The number of hydrogen-bond acceptors (Lipinski definition) is 4. The molecule has 7 heteroatoms. The molecule has 0 aliphatic rings. The van der Waals surface area contributed by atoms with Gasteiger partial charge >= 0.3 is 6.09 Å². The van der Waals surface area contributed by atoms with Gasteiger partial charge < -0.3 is 20.3 Å². The van der Waals surface area contributed by atoms with Gasteiger partial charge in [0.25, 0.3) is 0 Å². The summed E-state index contributed by atoms with van der Waals surface area (Å²) in [6.45, 7) is 20.3. The fraction of sp³-hybridized carbons (Fsp3) is 0.640. The van der Waals surface area contributed by atoms with E-state index in [1.807, 2.05) is 73.6 Å². The van der Waals surface area contributed by atoms with Crippen molar-refractivity contribution in [2.75, 3.05) is 6.54 Å². The number of nitrogens with zero attached hydrogens (tertiary/aromatic N) is 1. The monoisotopic (exact) mass is 447 g/mol. The summed E-state index contributed by atoms with van der Waals surface area (Å²) in [6, 6.07) is 4.91. The maximum absolute atomic E-state index is 13.5. The number of ether oxygens (including phenoxy) is 1. The number of amides is 3. The van der Waals surface area contributed by atoms with Crippen molar-refractivity contribution in [2.24, 2.45) is 0 Å². The molecule has 1 atom stereocenters. The van der Waals surface area contributed by atoms with Crippen molar-refractivity contribution in [1.82, 2.24) is 15.5 Å². The van der Waals surface area contributed by atoms with Gasteiger partial charge in [0.15, 0.2) is 0 Å². The number of carbonyl (C=O) groups excluding carboxylic acids is 3. The maximum atomic E-state index is 13.5. The van der Waals surface area contributed by atoms with Gasteiger partial charge in [-0.2, -0.15) is 0 Å². The predicted molar refractivity (Wildman–Crippen MR) is 127 cm³/mol. The molecule has 0 heterocycles. The van der Waals surface area contributed by atoms with E-state index in [2.05, 4.69) is 10.6 Å². The molecule has 180 valence electrons. The lowest BCUT2D eigenvalue weighted by Gasteiger charge is -2.42. The molecule has 7 nitrogen and oxygen atoms in total. The van der Waals surface area contributed by atoms with Crippen LogP contribution in [0.25, 0.3) is 0 Å². The molecule has 3 amide bonds. The second-order valence-corrected chi connectivity index (χ2v) is 11.3.